The molecule has 0 fully saturated rings. The Bertz CT molecular complexity index is 11.6. The molecule has 0 aliphatic carbocycles. The Morgan fingerprint density at radius 3 is 1.00 bits per heavy atom. The zero-order valence-corrected chi connectivity index (χ0v) is 7.99. The molecule has 0 atom stereocenters. The summed E-state index contributed by atoms with van der Waals surface area (Å²) in [5.74, 6) is 0. The molecule has 0 rings (SSSR count). The molecule has 0 aromatic carbocycles. The summed E-state index contributed by atoms with van der Waals surface area (Å²) in [6, 6.07) is 0. The minimum absolute atomic E-state index is 0. The van der Waals surface area contributed by atoms with Crippen molar-refractivity contribution in [2.24, 2.45) is 0 Å². The average Bonchev–Trinajstić information content (AvgIpc) is 0.811. The van der Waals surface area contributed by atoms with E-state index in [4.69, 9.17) is 25.7 Å². The predicted molar refractivity (Wildman–Crippen MR) is 21.2 cm³/mol. The average molecular weight is 303 g/mol. The fourth-order valence-electron chi connectivity index (χ4n) is 0. The van der Waals surface area contributed by atoms with Crippen LogP contribution in [0.4, 0.5) is 0 Å². The van der Waals surface area contributed by atoms with Crippen LogP contribution in [0.1, 0.15) is 0 Å². The van der Waals surface area contributed by atoms with Crippen molar-refractivity contribution in [1.29, 1.82) is 0 Å². The van der Waals surface area contributed by atoms with Crippen LogP contribution in [0.2, 0.25) is 0 Å². The Kier molecular flexibility index (Phi) is 11.2. The molecular formula is H2Cl3HfO. The van der Waals surface area contributed by atoms with E-state index in [0.29, 0.717) is 0 Å². The summed E-state index contributed by atoms with van der Waals surface area (Å²) in [6.07, 6.45) is 0. The van der Waals surface area contributed by atoms with Gasteiger partial charge in [0.15, 0.2) is 0 Å². The van der Waals surface area contributed by atoms with Gasteiger partial charge in [-0.1, -0.05) is 0 Å². The third kappa shape index (κ3) is 27.0. The molecule has 0 bridgehead atoms. The first-order chi connectivity index (χ1) is 1.73. The molecule has 0 aromatic rings. The van der Waals surface area contributed by atoms with Crippen LogP contribution in [0, 0.1) is 0 Å². The molecule has 0 saturated heterocycles. The Balaban J connectivity index is 0. The van der Waals surface area contributed by atoms with Gasteiger partial charge in [-0.25, -0.2) is 0 Å². The topological polar surface area (TPSA) is 31.5 Å². The second kappa shape index (κ2) is 5.70. The van der Waals surface area contributed by atoms with Crippen molar-refractivity contribution < 1.29 is 23.4 Å². The summed E-state index contributed by atoms with van der Waals surface area (Å²) in [5, 5.41) is 0. The Morgan fingerprint density at radius 1 is 1.00 bits per heavy atom. The maximum absolute atomic E-state index is 5.02. The predicted octanol–water partition coefficient (Wildman–Crippen LogP) is 1.24. The first-order valence-electron chi connectivity index (χ1n) is 0.567. The van der Waals surface area contributed by atoms with Crippen molar-refractivity contribution in [3.8, 4) is 0 Å². The van der Waals surface area contributed by atoms with Crippen LogP contribution in [0.15, 0.2) is 0 Å². The summed E-state index contributed by atoms with van der Waals surface area (Å²) >= 11 is -2.24. The molecule has 0 spiro atoms. The van der Waals surface area contributed by atoms with E-state index in [0.717, 1.165) is 0 Å². The van der Waals surface area contributed by atoms with Crippen LogP contribution in [-0.2, 0) is 17.9 Å². The van der Waals surface area contributed by atoms with E-state index in [1.807, 2.05) is 0 Å². The normalized spacial score (nSPS) is 5.40. The van der Waals surface area contributed by atoms with Crippen LogP contribution in [0.5, 0.6) is 0 Å². The molecule has 0 unspecified atom stereocenters. The van der Waals surface area contributed by atoms with E-state index in [-0.39, 0.29) is 5.48 Å². The second-order valence-corrected chi connectivity index (χ2v) is 15.8. The molecule has 0 aliphatic heterocycles. The van der Waals surface area contributed by atoms with Gasteiger partial charge < -0.3 is 5.48 Å². The van der Waals surface area contributed by atoms with E-state index in [9.17, 15) is 0 Å². The Labute approximate surface area is 48.8 Å². The van der Waals surface area contributed by atoms with Crippen molar-refractivity contribution in [2.45, 2.75) is 0 Å². The van der Waals surface area contributed by atoms with Crippen molar-refractivity contribution >= 4 is 25.7 Å². The number of halogens is 3. The molecule has 5 heteroatoms. The van der Waals surface area contributed by atoms with Gasteiger partial charge in [0.2, 0.25) is 0 Å². The van der Waals surface area contributed by atoms with Crippen LogP contribution in [-0.4, -0.2) is 5.48 Å². The van der Waals surface area contributed by atoms with Gasteiger partial charge in [0.1, 0.15) is 0 Å². The van der Waals surface area contributed by atoms with Gasteiger partial charge in [-0.2, -0.15) is 0 Å². The molecule has 0 aliphatic rings. The van der Waals surface area contributed by atoms with Gasteiger partial charge in [-0.15, -0.1) is 0 Å². The molecule has 33 valence electrons. The van der Waals surface area contributed by atoms with E-state index in [1.54, 1.807) is 0 Å². The fourth-order valence-corrected chi connectivity index (χ4v) is 0. The number of rotatable bonds is 0. The van der Waals surface area contributed by atoms with E-state index < -0.39 is 17.9 Å². The van der Waals surface area contributed by atoms with Gasteiger partial charge in [-0.3, -0.25) is 0 Å². The van der Waals surface area contributed by atoms with Gasteiger partial charge in [-0.05, 0) is 0 Å². The van der Waals surface area contributed by atoms with Crippen LogP contribution < -0.4 is 0 Å². The third-order valence-electron chi connectivity index (χ3n) is 0. The first kappa shape index (κ1) is 9.85. The number of hydrogen-bond acceptors (Lipinski definition) is 0. The molecule has 1 nitrogen and oxygen atoms in total. The molecule has 0 radical (unpaired) electrons. The van der Waals surface area contributed by atoms with Gasteiger partial charge in [0, 0.05) is 0 Å². The quantitative estimate of drug-likeness (QED) is 0.603. The fraction of sp³-hybridized carbons (Fsp3) is 0. The zero-order chi connectivity index (χ0) is 3.58. The first-order valence-corrected chi connectivity index (χ1v) is 13.9. The van der Waals surface area contributed by atoms with Crippen LogP contribution >= 0.6 is 25.7 Å². The Hall–Kier alpha value is 1.70. The molecule has 0 amide bonds. The maximum atomic E-state index is 5.02. The Morgan fingerprint density at radius 2 is 1.00 bits per heavy atom. The van der Waals surface area contributed by atoms with E-state index >= 15 is 0 Å². The number of hydrogen-bond donors (Lipinski definition) is 0. The van der Waals surface area contributed by atoms with E-state index in [2.05, 4.69) is 0 Å². The van der Waals surface area contributed by atoms with Crippen LogP contribution in [0.25, 0.3) is 0 Å². The summed E-state index contributed by atoms with van der Waals surface area (Å²) in [5.41, 5.74) is 0. The van der Waals surface area contributed by atoms with E-state index in [1.165, 1.54) is 0 Å². The SMILES string of the molecule is O.[Cl][Hf]([Cl])[Cl]. The van der Waals surface area contributed by atoms with Gasteiger partial charge >= 0.3 is 43.6 Å². The molecule has 5 heavy (non-hydrogen) atoms. The standard InChI is InChI=1S/3ClH.Hf.H2O/h3*1H;;1H2/q;;;+3;/p-3. The van der Waals surface area contributed by atoms with Crippen molar-refractivity contribution in [3.63, 3.8) is 0 Å². The third-order valence-corrected chi connectivity index (χ3v) is 0. The van der Waals surface area contributed by atoms with Crippen molar-refractivity contribution in [3.05, 3.63) is 0 Å². The molecular weight excluding hydrogens is 301 g/mol. The van der Waals surface area contributed by atoms with Crippen molar-refractivity contribution in [1.82, 2.24) is 0 Å². The molecule has 0 saturated carbocycles. The summed E-state index contributed by atoms with van der Waals surface area (Å²) in [7, 11) is 15.1. The van der Waals surface area contributed by atoms with Gasteiger partial charge in [0.05, 0.1) is 0 Å². The molecule has 0 heterocycles. The molecule has 2 N–H and O–H groups in total. The van der Waals surface area contributed by atoms with Crippen molar-refractivity contribution in [2.75, 3.05) is 0 Å². The molecule has 0 aromatic heterocycles. The van der Waals surface area contributed by atoms with Gasteiger partial charge in [0.25, 0.3) is 0 Å². The summed E-state index contributed by atoms with van der Waals surface area (Å²) in [6.45, 7) is 0. The monoisotopic (exact) mass is 303 g/mol. The summed E-state index contributed by atoms with van der Waals surface area (Å²) in [4.78, 5) is 0. The zero-order valence-electron chi connectivity index (χ0n) is 2.13. The minimum atomic E-state index is -2.24. The second-order valence-electron chi connectivity index (χ2n) is 0.214. The van der Waals surface area contributed by atoms with Crippen LogP contribution in [0.3, 0.4) is 0 Å². The summed E-state index contributed by atoms with van der Waals surface area (Å²) < 4.78 is 0.